The topological polar surface area (TPSA) is 177 Å². The predicted octanol–water partition coefficient (Wildman–Crippen LogP) is 3.66. The highest BCUT2D eigenvalue weighted by Gasteiger charge is 2.18. The Morgan fingerprint density at radius 3 is 2.58 bits per heavy atom. The molecule has 40 heavy (non-hydrogen) atoms. The van der Waals surface area contributed by atoms with Crippen molar-refractivity contribution in [1.82, 2.24) is 29.9 Å². The standard InChI is InChI=1S/C25H21FN8O5S/c1-11-4-14(19-16(5-11)32-18(37-3)9-28-19)23-33-17-6-15(26)22(34-24(17)40-23)38-10-12(2)39-25(36)31-13-7-29-21(20(27)35)30-8-13/h4-9,12H,10H2,1-3H3,(H2,27,35)(H,31,36)/t12-/m1/s1. The average Bonchev–Trinajstić information content (AvgIpc) is 3.33. The molecule has 0 saturated carbocycles. The number of fused-ring (bicyclic) bond motifs is 2. The van der Waals surface area contributed by atoms with Crippen molar-refractivity contribution in [1.29, 1.82) is 0 Å². The van der Waals surface area contributed by atoms with Crippen molar-refractivity contribution < 1.29 is 28.2 Å². The van der Waals surface area contributed by atoms with Gasteiger partial charge in [-0.05, 0) is 31.5 Å². The summed E-state index contributed by atoms with van der Waals surface area (Å²) in [4.78, 5) is 48.8. The van der Waals surface area contributed by atoms with Gasteiger partial charge in [-0.25, -0.2) is 34.1 Å². The summed E-state index contributed by atoms with van der Waals surface area (Å²) < 4.78 is 30.7. The van der Waals surface area contributed by atoms with Crippen LogP contribution in [0.2, 0.25) is 0 Å². The number of benzene rings is 1. The van der Waals surface area contributed by atoms with E-state index in [-0.39, 0.29) is 24.0 Å². The summed E-state index contributed by atoms with van der Waals surface area (Å²) in [6.45, 7) is 3.32. The highest BCUT2D eigenvalue weighted by Crippen LogP contribution is 2.35. The molecule has 5 rings (SSSR count). The number of ether oxygens (including phenoxy) is 3. The van der Waals surface area contributed by atoms with Crippen LogP contribution >= 0.6 is 11.3 Å². The first-order chi connectivity index (χ1) is 19.2. The fraction of sp³-hybridized carbons (Fsp3) is 0.200. The fourth-order valence-electron chi connectivity index (χ4n) is 3.63. The van der Waals surface area contributed by atoms with Gasteiger partial charge in [0.15, 0.2) is 5.82 Å². The van der Waals surface area contributed by atoms with Crippen LogP contribution in [0.1, 0.15) is 23.1 Å². The number of aryl methyl sites for hydroxylation is 1. The van der Waals surface area contributed by atoms with Gasteiger partial charge in [-0.2, -0.15) is 4.98 Å². The first kappa shape index (κ1) is 26.6. The molecule has 13 nitrogen and oxygen atoms in total. The minimum absolute atomic E-state index is 0.175. The fourth-order valence-corrected chi connectivity index (χ4v) is 4.56. The molecule has 4 aromatic heterocycles. The maximum absolute atomic E-state index is 14.8. The van der Waals surface area contributed by atoms with E-state index in [1.165, 1.54) is 43.1 Å². The first-order valence-corrected chi connectivity index (χ1v) is 12.5. The van der Waals surface area contributed by atoms with Crippen LogP contribution in [-0.2, 0) is 4.74 Å². The van der Waals surface area contributed by atoms with Crippen molar-refractivity contribution in [2.75, 3.05) is 19.0 Å². The number of hydrogen-bond acceptors (Lipinski definition) is 12. The van der Waals surface area contributed by atoms with Gasteiger partial charge >= 0.3 is 6.09 Å². The summed E-state index contributed by atoms with van der Waals surface area (Å²) >= 11 is 1.25. The van der Waals surface area contributed by atoms with Crippen LogP contribution in [0, 0.1) is 12.7 Å². The Labute approximate surface area is 229 Å². The van der Waals surface area contributed by atoms with Crippen LogP contribution < -0.4 is 20.5 Å². The maximum atomic E-state index is 14.8. The molecule has 0 radical (unpaired) electrons. The number of thiazole rings is 1. The molecule has 204 valence electrons. The van der Waals surface area contributed by atoms with Crippen LogP contribution in [-0.4, -0.2) is 61.7 Å². The number of amides is 2. The number of nitrogens with two attached hydrogens (primary N) is 1. The molecule has 15 heteroatoms. The zero-order chi connectivity index (χ0) is 28.4. The summed E-state index contributed by atoms with van der Waals surface area (Å²) in [5, 5.41) is 3.00. The molecule has 0 saturated heterocycles. The number of nitrogens with zero attached hydrogens (tertiary/aromatic N) is 6. The van der Waals surface area contributed by atoms with Gasteiger partial charge in [0, 0.05) is 11.6 Å². The van der Waals surface area contributed by atoms with Gasteiger partial charge in [-0.1, -0.05) is 11.3 Å². The molecule has 0 unspecified atom stereocenters. The number of nitrogens with one attached hydrogen (secondary N) is 1. The zero-order valence-corrected chi connectivity index (χ0v) is 22.2. The van der Waals surface area contributed by atoms with Crippen molar-refractivity contribution >= 4 is 50.4 Å². The van der Waals surface area contributed by atoms with E-state index in [4.69, 9.17) is 19.9 Å². The summed E-state index contributed by atoms with van der Waals surface area (Å²) in [5.41, 5.74) is 8.58. The second-order valence-electron chi connectivity index (χ2n) is 8.52. The molecule has 3 N–H and O–H groups in total. The minimum Gasteiger partial charge on any atom is -0.480 e. The van der Waals surface area contributed by atoms with Gasteiger partial charge in [-0.3, -0.25) is 10.1 Å². The second-order valence-corrected chi connectivity index (χ2v) is 9.50. The quantitative estimate of drug-likeness (QED) is 0.281. The van der Waals surface area contributed by atoms with Gasteiger partial charge in [-0.15, -0.1) is 0 Å². The molecular formula is C25H21FN8O5S. The van der Waals surface area contributed by atoms with E-state index in [0.717, 1.165) is 11.1 Å². The Balaban J connectivity index is 1.28. The number of carbonyl (C=O) groups excluding carboxylic acids is 2. The number of aromatic nitrogens is 6. The van der Waals surface area contributed by atoms with E-state index in [9.17, 15) is 14.0 Å². The number of hydrogen-bond donors (Lipinski definition) is 2. The molecule has 0 aliphatic rings. The average molecular weight is 565 g/mol. The zero-order valence-electron chi connectivity index (χ0n) is 21.3. The first-order valence-electron chi connectivity index (χ1n) is 11.7. The van der Waals surface area contributed by atoms with E-state index in [0.29, 0.717) is 32.3 Å². The number of methoxy groups -OCH3 is 1. The van der Waals surface area contributed by atoms with E-state index < -0.39 is 23.9 Å². The van der Waals surface area contributed by atoms with Gasteiger partial charge in [0.2, 0.25) is 11.7 Å². The van der Waals surface area contributed by atoms with Crippen LogP contribution in [0.15, 0.2) is 36.8 Å². The lowest BCUT2D eigenvalue weighted by atomic mass is 10.1. The molecule has 0 fully saturated rings. The number of rotatable bonds is 8. The Bertz CT molecular complexity index is 1750. The number of halogens is 1. The molecule has 0 spiro atoms. The molecule has 5 aromatic rings. The Morgan fingerprint density at radius 1 is 1.07 bits per heavy atom. The van der Waals surface area contributed by atoms with Crippen molar-refractivity contribution in [2.45, 2.75) is 20.0 Å². The smallest absolute Gasteiger partial charge is 0.412 e. The second kappa shape index (κ2) is 11.0. The molecule has 4 heterocycles. The minimum atomic E-state index is -0.825. The third-order valence-electron chi connectivity index (χ3n) is 5.40. The van der Waals surface area contributed by atoms with E-state index >= 15 is 0 Å². The maximum Gasteiger partial charge on any atom is 0.412 e. The molecular weight excluding hydrogens is 543 g/mol. The summed E-state index contributed by atoms with van der Waals surface area (Å²) in [5.74, 6) is -1.57. The summed E-state index contributed by atoms with van der Waals surface area (Å²) in [6, 6.07) is 5.05. The van der Waals surface area contributed by atoms with E-state index in [2.05, 4.69) is 35.2 Å². The van der Waals surface area contributed by atoms with Crippen LogP contribution in [0.5, 0.6) is 11.8 Å². The molecule has 0 aliphatic heterocycles. The van der Waals surface area contributed by atoms with Crippen LogP contribution in [0.4, 0.5) is 14.9 Å². The summed E-state index contributed by atoms with van der Waals surface area (Å²) in [6.07, 6.45) is 2.34. The van der Waals surface area contributed by atoms with Crippen molar-refractivity contribution in [3.8, 4) is 22.3 Å². The van der Waals surface area contributed by atoms with Crippen molar-refractivity contribution in [3.63, 3.8) is 0 Å². The molecule has 1 aromatic carbocycles. The van der Waals surface area contributed by atoms with Crippen molar-refractivity contribution in [2.24, 2.45) is 5.73 Å². The van der Waals surface area contributed by atoms with E-state index in [1.54, 1.807) is 6.92 Å². The number of anilines is 1. The van der Waals surface area contributed by atoms with Crippen LogP contribution in [0.3, 0.4) is 0 Å². The lowest BCUT2D eigenvalue weighted by molar-refractivity contribution is 0.0827. The lowest BCUT2D eigenvalue weighted by Gasteiger charge is -2.14. The predicted molar refractivity (Wildman–Crippen MR) is 143 cm³/mol. The number of carbonyl (C=O) groups is 2. The normalized spacial score (nSPS) is 11.8. The van der Waals surface area contributed by atoms with E-state index in [1.807, 2.05) is 19.1 Å². The monoisotopic (exact) mass is 564 g/mol. The lowest BCUT2D eigenvalue weighted by Crippen LogP contribution is -2.25. The molecule has 1 atom stereocenters. The van der Waals surface area contributed by atoms with Crippen LogP contribution in [0.25, 0.3) is 32.0 Å². The SMILES string of the molecule is COc1cnc2c(-c3nc4cc(F)c(OC[C@@H](C)OC(=O)Nc5cnc(C(N)=O)nc5)nc4s3)cc(C)cc2n1. The van der Waals surface area contributed by atoms with Gasteiger partial charge in [0.1, 0.15) is 28.1 Å². The Hall–Kier alpha value is -5.05. The summed E-state index contributed by atoms with van der Waals surface area (Å²) in [7, 11) is 1.52. The van der Waals surface area contributed by atoms with Gasteiger partial charge < -0.3 is 19.9 Å². The van der Waals surface area contributed by atoms with Gasteiger partial charge in [0.25, 0.3) is 11.8 Å². The van der Waals surface area contributed by atoms with Crippen molar-refractivity contribution in [3.05, 3.63) is 54.0 Å². The third-order valence-corrected chi connectivity index (χ3v) is 6.39. The number of primary amides is 1. The molecule has 2 amide bonds. The molecule has 0 aliphatic carbocycles. The highest BCUT2D eigenvalue weighted by atomic mass is 32.1. The Morgan fingerprint density at radius 2 is 1.85 bits per heavy atom. The Kier molecular flexibility index (Phi) is 7.29. The number of pyridine rings is 1. The van der Waals surface area contributed by atoms with Gasteiger partial charge in [0.05, 0.1) is 42.4 Å². The molecule has 0 bridgehead atoms. The third kappa shape index (κ3) is 5.68. The highest BCUT2D eigenvalue weighted by molar-refractivity contribution is 7.21. The largest absolute Gasteiger partial charge is 0.480 e.